The molecule has 0 saturated heterocycles. The summed E-state index contributed by atoms with van der Waals surface area (Å²) in [6.07, 6.45) is 2.90. The molecule has 0 unspecified atom stereocenters. The summed E-state index contributed by atoms with van der Waals surface area (Å²) in [5.74, 6) is -0.898. The normalized spacial score (nSPS) is 10.2. The second kappa shape index (κ2) is 7.69. The summed E-state index contributed by atoms with van der Waals surface area (Å²) < 4.78 is 4.65. The molecule has 7 heteroatoms. The van der Waals surface area contributed by atoms with Crippen molar-refractivity contribution in [2.75, 3.05) is 13.7 Å². The number of ether oxygens (including phenoxy) is 1. The summed E-state index contributed by atoms with van der Waals surface area (Å²) in [6.45, 7) is 1.84. The molecule has 1 heterocycles. The van der Waals surface area contributed by atoms with Gasteiger partial charge in [-0.05, 0) is 24.6 Å². The quantitative estimate of drug-likeness (QED) is 0.785. The highest BCUT2D eigenvalue weighted by Crippen LogP contribution is 2.13. The van der Waals surface area contributed by atoms with Gasteiger partial charge in [0, 0.05) is 17.8 Å². The van der Waals surface area contributed by atoms with E-state index >= 15 is 0 Å². The molecule has 0 saturated carbocycles. The molecule has 0 radical (unpaired) electrons. The van der Waals surface area contributed by atoms with Crippen LogP contribution < -0.4 is 0 Å². The monoisotopic (exact) mass is 333 g/mol. The molecule has 0 bridgehead atoms. The van der Waals surface area contributed by atoms with Gasteiger partial charge < -0.3 is 9.64 Å². The van der Waals surface area contributed by atoms with Crippen molar-refractivity contribution in [2.24, 2.45) is 0 Å². The highest BCUT2D eigenvalue weighted by atomic mass is 35.5. The molecule has 2 rings (SSSR count). The highest BCUT2D eigenvalue weighted by molar-refractivity contribution is 6.30. The number of benzene rings is 1. The van der Waals surface area contributed by atoms with Crippen LogP contribution in [-0.2, 0) is 16.1 Å². The Bertz CT molecular complexity index is 687. The van der Waals surface area contributed by atoms with E-state index in [-0.39, 0.29) is 18.8 Å². The van der Waals surface area contributed by atoms with Gasteiger partial charge in [0.1, 0.15) is 12.2 Å². The molecule has 0 N–H and O–H groups in total. The predicted octanol–water partition coefficient (Wildman–Crippen LogP) is 2.25. The average Bonchev–Trinajstić information content (AvgIpc) is 2.56. The number of carbonyl (C=O) groups is 2. The minimum absolute atomic E-state index is 0.173. The Hall–Kier alpha value is -2.47. The van der Waals surface area contributed by atoms with Crippen molar-refractivity contribution < 1.29 is 14.3 Å². The zero-order valence-corrected chi connectivity index (χ0v) is 13.6. The van der Waals surface area contributed by atoms with Crippen LogP contribution in [0.1, 0.15) is 21.7 Å². The molecule has 1 aromatic heterocycles. The van der Waals surface area contributed by atoms with Crippen molar-refractivity contribution >= 4 is 23.5 Å². The first kappa shape index (κ1) is 16.9. The zero-order valence-electron chi connectivity index (χ0n) is 12.8. The Balaban J connectivity index is 2.22. The molecular formula is C16H16ClN3O3. The van der Waals surface area contributed by atoms with Crippen molar-refractivity contribution in [1.29, 1.82) is 0 Å². The van der Waals surface area contributed by atoms with Crippen LogP contribution in [0.25, 0.3) is 0 Å². The first-order valence-electron chi connectivity index (χ1n) is 6.89. The average molecular weight is 334 g/mol. The Kier molecular flexibility index (Phi) is 5.65. The van der Waals surface area contributed by atoms with Crippen LogP contribution in [0.3, 0.4) is 0 Å². The van der Waals surface area contributed by atoms with Crippen LogP contribution in [-0.4, -0.2) is 40.4 Å². The van der Waals surface area contributed by atoms with E-state index in [1.807, 2.05) is 0 Å². The SMILES string of the molecule is COC(=O)CN(Cc1ccc(Cl)cc1)C(=O)c1cnc(C)cn1. The minimum Gasteiger partial charge on any atom is -0.468 e. The fraction of sp³-hybridized carbons (Fsp3) is 0.250. The molecule has 23 heavy (non-hydrogen) atoms. The molecule has 0 aliphatic heterocycles. The van der Waals surface area contributed by atoms with E-state index in [9.17, 15) is 9.59 Å². The second-order valence-corrected chi connectivity index (χ2v) is 5.34. The van der Waals surface area contributed by atoms with Crippen molar-refractivity contribution in [2.45, 2.75) is 13.5 Å². The third kappa shape index (κ3) is 4.75. The topological polar surface area (TPSA) is 72.4 Å². The standard InChI is InChI=1S/C16H16ClN3O3/c1-11-7-19-14(8-18-11)16(22)20(10-15(21)23-2)9-12-3-5-13(17)6-4-12/h3-8H,9-10H2,1-2H3. The molecule has 1 aromatic carbocycles. The van der Waals surface area contributed by atoms with Gasteiger partial charge in [-0.15, -0.1) is 0 Å². The number of amides is 1. The first-order valence-corrected chi connectivity index (χ1v) is 7.26. The van der Waals surface area contributed by atoms with Gasteiger partial charge in [-0.25, -0.2) is 4.98 Å². The van der Waals surface area contributed by atoms with Gasteiger partial charge >= 0.3 is 5.97 Å². The number of halogens is 1. The van der Waals surface area contributed by atoms with Gasteiger partial charge in [0.05, 0.1) is 19.0 Å². The lowest BCUT2D eigenvalue weighted by Gasteiger charge is -2.21. The molecule has 6 nitrogen and oxygen atoms in total. The molecule has 2 aromatic rings. The number of nitrogens with zero attached hydrogens (tertiary/aromatic N) is 3. The second-order valence-electron chi connectivity index (χ2n) is 4.91. The maximum Gasteiger partial charge on any atom is 0.325 e. The highest BCUT2D eigenvalue weighted by Gasteiger charge is 2.21. The van der Waals surface area contributed by atoms with Gasteiger partial charge in [-0.2, -0.15) is 0 Å². The number of aryl methyl sites for hydroxylation is 1. The third-order valence-corrected chi connectivity index (χ3v) is 3.37. The lowest BCUT2D eigenvalue weighted by Crippen LogP contribution is -2.36. The largest absolute Gasteiger partial charge is 0.468 e. The lowest BCUT2D eigenvalue weighted by atomic mass is 10.2. The van der Waals surface area contributed by atoms with Gasteiger partial charge in [-0.3, -0.25) is 14.6 Å². The van der Waals surface area contributed by atoms with Crippen LogP contribution >= 0.6 is 11.6 Å². The van der Waals surface area contributed by atoms with Crippen molar-refractivity contribution in [3.05, 3.63) is 58.6 Å². The number of methoxy groups -OCH3 is 1. The summed E-state index contributed by atoms with van der Waals surface area (Å²) in [6, 6.07) is 7.04. The van der Waals surface area contributed by atoms with E-state index in [1.165, 1.54) is 24.4 Å². The lowest BCUT2D eigenvalue weighted by molar-refractivity contribution is -0.141. The number of hydrogen-bond donors (Lipinski definition) is 0. The maximum atomic E-state index is 12.6. The van der Waals surface area contributed by atoms with Gasteiger partial charge in [-0.1, -0.05) is 23.7 Å². The van der Waals surface area contributed by atoms with Gasteiger partial charge in [0.15, 0.2) is 0 Å². The molecular weight excluding hydrogens is 318 g/mol. The summed E-state index contributed by atoms with van der Waals surface area (Å²) >= 11 is 5.86. The Morgan fingerprint density at radius 3 is 2.43 bits per heavy atom. The fourth-order valence-electron chi connectivity index (χ4n) is 1.90. The van der Waals surface area contributed by atoms with Crippen LogP contribution in [0.4, 0.5) is 0 Å². The number of aromatic nitrogens is 2. The number of carbonyl (C=O) groups excluding carboxylic acids is 2. The number of rotatable bonds is 5. The van der Waals surface area contributed by atoms with E-state index in [1.54, 1.807) is 31.2 Å². The van der Waals surface area contributed by atoms with E-state index in [0.29, 0.717) is 10.7 Å². The Labute approximate surface area is 139 Å². The Morgan fingerprint density at radius 1 is 1.17 bits per heavy atom. The van der Waals surface area contributed by atoms with Gasteiger partial charge in [0.2, 0.25) is 0 Å². The molecule has 1 amide bonds. The Morgan fingerprint density at radius 2 is 1.87 bits per heavy atom. The van der Waals surface area contributed by atoms with Crippen LogP contribution in [0.5, 0.6) is 0 Å². The third-order valence-electron chi connectivity index (χ3n) is 3.12. The number of hydrogen-bond acceptors (Lipinski definition) is 5. The molecule has 0 aliphatic rings. The fourth-order valence-corrected chi connectivity index (χ4v) is 2.02. The van der Waals surface area contributed by atoms with Gasteiger partial charge in [0.25, 0.3) is 5.91 Å². The smallest absolute Gasteiger partial charge is 0.325 e. The number of esters is 1. The summed E-state index contributed by atoms with van der Waals surface area (Å²) in [5, 5.41) is 0.601. The maximum absolute atomic E-state index is 12.6. The molecule has 0 fully saturated rings. The van der Waals surface area contributed by atoms with E-state index in [4.69, 9.17) is 11.6 Å². The van der Waals surface area contributed by atoms with Crippen molar-refractivity contribution in [3.8, 4) is 0 Å². The van der Waals surface area contributed by atoms with Crippen molar-refractivity contribution in [3.63, 3.8) is 0 Å². The molecule has 0 aliphatic carbocycles. The zero-order chi connectivity index (χ0) is 16.8. The summed E-state index contributed by atoms with van der Waals surface area (Å²) in [7, 11) is 1.28. The minimum atomic E-state index is -0.507. The summed E-state index contributed by atoms with van der Waals surface area (Å²) in [4.78, 5) is 33.6. The van der Waals surface area contributed by atoms with Crippen molar-refractivity contribution in [1.82, 2.24) is 14.9 Å². The van der Waals surface area contributed by atoms with Crippen LogP contribution in [0, 0.1) is 6.92 Å². The van der Waals surface area contributed by atoms with E-state index in [2.05, 4.69) is 14.7 Å². The summed E-state index contributed by atoms with van der Waals surface area (Å²) in [5.41, 5.74) is 1.72. The molecule has 0 spiro atoms. The van der Waals surface area contributed by atoms with E-state index < -0.39 is 11.9 Å². The predicted molar refractivity (Wildman–Crippen MR) is 85.0 cm³/mol. The van der Waals surface area contributed by atoms with Crippen LogP contribution in [0.15, 0.2) is 36.7 Å². The van der Waals surface area contributed by atoms with Crippen LogP contribution in [0.2, 0.25) is 5.02 Å². The first-order chi connectivity index (χ1) is 11.0. The molecule has 0 atom stereocenters. The van der Waals surface area contributed by atoms with E-state index in [0.717, 1.165) is 5.56 Å². The molecule has 120 valence electrons.